The average Bonchev–Trinajstić information content (AvgIpc) is 3.36. The van der Waals surface area contributed by atoms with Crippen molar-refractivity contribution in [2.75, 3.05) is 12.0 Å². The van der Waals surface area contributed by atoms with Crippen molar-refractivity contribution in [3.8, 4) is 5.75 Å². The molecule has 0 spiro atoms. The van der Waals surface area contributed by atoms with Crippen molar-refractivity contribution in [1.29, 1.82) is 0 Å². The topological polar surface area (TPSA) is 66.9 Å². The van der Waals surface area contributed by atoms with E-state index in [0.29, 0.717) is 21.5 Å². The van der Waals surface area contributed by atoms with Gasteiger partial charge in [-0.2, -0.15) is 0 Å². The van der Waals surface area contributed by atoms with Crippen LogP contribution in [0.4, 0.5) is 10.1 Å². The summed E-state index contributed by atoms with van der Waals surface area (Å²) in [6.07, 6.45) is 3.72. The number of imide groups is 1. The smallest absolute Gasteiger partial charge is 0.240 e. The summed E-state index contributed by atoms with van der Waals surface area (Å²) in [5.74, 6) is -2.64. The molecule has 3 heterocycles. The van der Waals surface area contributed by atoms with E-state index in [9.17, 15) is 18.8 Å². The maximum absolute atomic E-state index is 14.0. The molecule has 2 saturated heterocycles. The van der Waals surface area contributed by atoms with E-state index in [-0.39, 0.29) is 11.7 Å². The minimum absolute atomic E-state index is 0.262. The van der Waals surface area contributed by atoms with Crippen LogP contribution in [0.1, 0.15) is 27.5 Å². The van der Waals surface area contributed by atoms with Gasteiger partial charge in [-0.15, -0.1) is 0 Å². The predicted molar refractivity (Wildman–Crippen MR) is 135 cm³/mol. The van der Waals surface area contributed by atoms with Crippen LogP contribution in [0.3, 0.4) is 0 Å². The maximum Gasteiger partial charge on any atom is 0.240 e. The van der Waals surface area contributed by atoms with Gasteiger partial charge in [0, 0.05) is 11.8 Å². The highest BCUT2D eigenvalue weighted by Gasteiger charge is 2.64. The number of ether oxygens (including phenoxy) is 1. The summed E-state index contributed by atoms with van der Waals surface area (Å²) in [6, 6.07) is 16.6. The molecule has 0 aromatic heterocycles. The third-order valence-electron chi connectivity index (χ3n) is 7.25. The lowest BCUT2D eigenvalue weighted by atomic mass is 9.83. The number of fused-ring (bicyclic) bond motifs is 5. The molecule has 0 aliphatic carbocycles. The molecule has 3 aromatic carbocycles. The zero-order chi connectivity index (χ0) is 25.1. The highest BCUT2D eigenvalue weighted by molar-refractivity contribution is 9.10. The molecule has 6 rings (SSSR count). The second kappa shape index (κ2) is 8.41. The molecule has 2 fully saturated rings. The van der Waals surface area contributed by atoms with Gasteiger partial charge in [-0.3, -0.25) is 14.4 Å². The number of nitrogens with zero attached hydrogens (tertiary/aromatic N) is 2. The minimum atomic E-state index is -0.892. The first kappa shape index (κ1) is 22.7. The van der Waals surface area contributed by atoms with Gasteiger partial charge in [-0.05, 0) is 75.6 Å². The van der Waals surface area contributed by atoms with Crippen LogP contribution in [0.5, 0.6) is 5.75 Å². The van der Waals surface area contributed by atoms with Gasteiger partial charge in [0.2, 0.25) is 11.8 Å². The first-order valence-corrected chi connectivity index (χ1v) is 12.3. The van der Waals surface area contributed by atoms with Crippen LogP contribution >= 0.6 is 15.9 Å². The monoisotopic (exact) mass is 546 g/mol. The molecule has 3 aliphatic rings. The van der Waals surface area contributed by atoms with Crippen LogP contribution < -0.4 is 9.64 Å². The van der Waals surface area contributed by atoms with Crippen molar-refractivity contribution in [2.24, 2.45) is 11.8 Å². The van der Waals surface area contributed by atoms with E-state index in [1.807, 2.05) is 41.4 Å². The Labute approximate surface area is 215 Å². The van der Waals surface area contributed by atoms with E-state index in [1.165, 1.54) is 31.4 Å². The van der Waals surface area contributed by atoms with Gasteiger partial charge >= 0.3 is 0 Å². The molecule has 4 atom stereocenters. The fourth-order valence-electron chi connectivity index (χ4n) is 5.69. The summed E-state index contributed by atoms with van der Waals surface area (Å²) in [7, 11) is 1.54. The van der Waals surface area contributed by atoms with Crippen molar-refractivity contribution in [2.45, 2.75) is 12.1 Å². The number of carbonyl (C=O) groups excluding carboxylic acids is 3. The summed E-state index contributed by atoms with van der Waals surface area (Å²) >= 11 is 3.43. The summed E-state index contributed by atoms with van der Waals surface area (Å²) in [5.41, 5.74) is 2.53. The highest BCUT2D eigenvalue weighted by Crippen LogP contribution is 2.53. The maximum atomic E-state index is 14.0. The van der Waals surface area contributed by atoms with E-state index in [4.69, 9.17) is 4.74 Å². The first-order valence-electron chi connectivity index (χ1n) is 11.5. The average molecular weight is 547 g/mol. The van der Waals surface area contributed by atoms with Gasteiger partial charge in [0.05, 0.1) is 35.1 Å². The van der Waals surface area contributed by atoms with Crippen LogP contribution in [0, 0.1) is 17.7 Å². The molecular formula is C28H20BrFN2O4. The normalized spacial score (nSPS) is 24.0. The zero-order valence-corrected chi connectivity index (χ0v) is 20.7. The van der Waals surface area contributed by atoms with Gasteiger partial charge in [-0.25, -0.2) is 9.29 Å². The lowest BCUT2D eigenvalue weighted by molar-refractivity contribution is -0.123. The Balaban J connectivity index is 1.48. The van der Waals surface area contributed by atoms with Crippen LogP contribution in [-0.4, -0.2) is 35.6 Å². The number of carbonyl (C=O) groups is 3. The number of Topliss-reactive ketones (excluding diaryl/α,β-unsaturated/α-hetero) is 1. The Kier molecular flexibility index (Phi) is 5.30. The second-order valence-electron chi connectivity index (χ2n) is 9.03. The number of hydrogen-bond donors (Lipinski definition) is 0. The molecule has 0 saturated carbocycles. The standard InChI is InChI=1S/C28H20BrFN2O4/c1-36-21-11-6-16(14-20(21)29)26(33)25-23-22(24-19-5-3-2-4-15(19)12-13-31(24)25)27(34)32(28(23)35)18-9-7-17(30)8-10-18/h2-14,22-25H,1H3. The van der Waals surface area contributed by atoms with Crippen LogP contribution in [-0.2, 0) is 9.59 Å². The van der Waals surface area contributed by atoms with Gasteiger partial charge in [0.1, 0.15) is 17.6 Å². The number of methoxy groups -OCH3 is 1. The Bertz CT molecular complexity index is 1450. The molecule has 6 nitrogen and oxygen atoms in total. The Hall–Kier alpha value is -3.78. The highest BCUT2D eigenvalue weighted by atomic mass is 79.9. The van der Waals surface area contributed by atoms with Gasteiger partial charge in [-0.1, -0.05) is 24.3 Å². The minimum Gasteiger partial charge on any atom is -0.496 e. The van der Waals surface area contributed by atoms with Crippen molar-refractivity contribution >= 4 is 45.3 Å². The van der Waals surface area contributed by atoms with Gasteiger partial charge in [0.15, 0.2) is 5.78 Å². The molecule has 0 bridgehead atoms. The Morgan fingerprint density at radius 3 is 2.42 bits per heavy atom. The fourth-order valence-corrected chi connectivity index (χ4v) is 6.23. The largest absolute Gasteiger partial charge is 0.496 e. The zero-order valence-electron chi connectivity index (χ0n) is 19.1. The molecule has 4 unspecified atom stereocenters. The van der Waals surface area contributed by atoms with E-state index >= 15 is 0 Å². The molecule has 8 heteroatoms. The quantitative estimate of drug-likeness (QED) is 0.340. The van der Waals surface area contributed by atoms with Gasteiger partial charge in [0.25, 0.3) is 0 Å². The predicted octanol–water partition coefficient (Wildman–Crippen LogP) is 5.00. The number of halogens is 2. The molecule has 180 valence electrons. The Morgan fingerprint density at radius 1 is 0.972 bits per heavy atom. The van der Waals surface area contributed by atoms with E-state index in [2.05, 4.69) is 15.9 Å². The first-order chi connectivity index (χ1) is 17.4. The third kappa shape index (κ3) is 3.24. The summed E-state index contributed by atoms with van der Waals surface area (Å²) < 4.78 is 19.5. The number of rotatable bonds is 4. The summed E-state index contributed by atoms with van der Waals surface area (Å²) in [6.45, 7) is 0. The van der Waals surface area contributed by atoms with Crippen molar-refractivity contribution < 1.29 is 23.5 Å². The van der Waals surface area contributed by atoms with E-state index in [0.717, 1.165) is 16.0 Å². The van der Waals surface area contributed by atoms with Crippen molar-refractivity contribution in [3.05, 3.63) is 99.9 Å². The van der Waals surface area contributed by atoms with E-state index < -0.39 is 35.6 Å². The molecule has 2 amide bonds. The van der Waals surface area contributed by atoms with Gasteiger partial charge < -0.3 is 9.64 Å². The molecule has 3 aromatic rings. The lowest BCUT2D eigenvalue weighted by Crippen LogP contribution is -2.44. The number of hydrogen-bond acceptors (Lipinski definition) is 5. The van der Waals surface area contributed by atoms with Crippen LogP contribution in [0.15, 0.2) is 77.4 Å². The number of anilines is 1. The second-order valence-corrected chi connectivity index (χ2v) is 9.89. The molecule has 0 N–H and O–H groups in total. The molecule has 0 radical (unpaired) electrons. The summed E-state index contributed by atoms with van der Waals surface area (Å²) in [4.78, 5) is 44.6. The molecule has 36 heavy (non-hydrogen) atoms. The SMILES string of the molecule is COc1ccc(C(=O)C2C3C(=O)N(c4ccc(F)cc4)C(=O)C3C3c4ccccc4C=CN23)cc1Br. The van der Waals surface area contributed by atoms with Crippen molar-refractivity contribution in [1.82, 2.24) is 4.90 Å². The lowest BCUT2D eigenvalue weighted by Gasteiger charge is -2.35. The summed E-state index contributed by atoms with van der Waals surface area (Å²) in [5, 5.41) is 0. The molecular weight excluding hydrogens is 527 g/mol. The third-order valence-corrected chi connectivity index (χ3v) is 7.87. The number of amides is 2. The van der Waals surface area contributed by atoms with Crippen LogP contribution in [0.2, 0.25) is 0 Å². The molecule has 3 aliphatic heterocycles. The van der Waals surface area contributed by atoms with Crippen molar-refractivity contribution in [3.63, 3.8) is 0 Å². The Morgan fingerprint density at radius 2 is 1.69 bits per heavy atom. The number of ketones is 1. The van der Waals surface area contributed by atoms with E-state index in [1.54, 1.807) is 18.2 Å². The van der Waals surface area contributed by atoms with Crippen LogP contribution in [0.25, 0.3) is 6.08 Å². The number of benzene rings is 3. The fraction of sp³-hybridized carbons (Fsp3) is 0.179.